The number of rotatable bonds is 8. The van der Waals surface area contributed by atoms with Crippen LogP contribution in [0.5, 0.6) is 0 Å². The van der Waals surface area contributed by atoms with Gasteiger partial charge in [0.15, 0.2) is 5.94 Å². The van der Waals surface area contributed by atoms with E-state index in [0.29, 0.717) is 23.0 Å². The van der Waals surface area contributed by atoms with E-state index >= 15 is 0 Å². The molecule has 4 rings (SSSR count). The Morgan fingerprint density at radius 1 is 1.12 bits per heavy atom. The van der Waals surface area contributed by atoms with Gasteiger partial charge in [0, 0.05) is 23.0 Å². The number of benzene rings is 1. The fourth-order valence-corrected chi connectivity index (χ4v) is 4.46. The van der Waals surface area contributed by atoms with Crippen LogP contribution in [0.4, 0.5) is 0 Å². The molecule has 1 heterocycles. The zero-order valence-corrected chi connectivity index (χ0v) is 16.0. The average Bonchev–Trinajstić information content (AvgIpc) is 3.52. The summed E-state index contributed by atoms with van der Waals surface area (Å²) < 4.78 is 31.1. The molecular formula is C21H25NO3S. The Labute approximate surface area is 155 Å². The Balaban J connectivity index is 1.62. The van der Waals surface area contributed by atoms with Crippen molar-refractivity contribution >= 4 is 9.84 Å². The lowest BCUT2D eigenvalue weighted by molar-refractivity contribution is 0.165. The van der Waals surface area contributed by atoms with E-state index in [1.54, 1.807) is 18.3 Å². The van der Waals surface area contributed by atoms with Gasteiger partial charge in [-0.2, -0.15) is 0 Å². The van der Waals surface area contributed by atoms with Crippen LogP contribution in [0, 0.1) is 18.8 Å². The number of aromatic nitrogens is 1. The van der Waals surface area contributed by atoms with Crippen molar-refractivity contribution in [3.63, 3.8) is 0 Å². The van der Waals surface area contributed by atoms with Gasteiger partial charge in [-0.3, -0.25) is 4.98 Å². The first-order chi connectivity index (χ1) is 12.5. The van der Waals surface area contributed by atoms with E-state index in [0.717, 1.165) is 36.4 Å². The van der Waals surface area contributed by atoms with Crippen LogP contribution >= 0.6 is 0 Å². The van der Waals surface area contributed by atoms with Crippen LogP contribution in [0.1, 0.15) is 36.9 Å². The number of aryl methyl sites for hydroxylation is 1. The summed E-state index contributed by atoms with van der Waals surface area (Å²) in [7, 11) is -3.49. The lowest BCUT2D eigenvalue weighted by atomic mass is 10.0. The maximum absolute atomic E-state index is 12.8. The fraction of sp³-hybridized carbons (Fsp3) is 0.476. The molecule has 2 fully saturated rings. The van der Waals surface area contributed by atoms with Crippen molar-refractivity contribution in [1.82, 2.24) is 4.98 Å². The largest absolute Gasteiger partial charge is 0.365 e. The molecule has 0 saturated heterocycles. The first kappa shape index (κ1) is 17.7. The molecular weight excluding hydrogens is 346 g/mol. The monoisotopic (exact) mass is 371 g/mol. The Morgan fingerprint density at radius 3 is 2.58 bits per heavy atom. The first-order valence-corrected chi connectivity index (χ1v) is 11.0. The number of hydrogen-bond acceptors (Lipinski definition) is 4. The molecule has 4 nitrogen and oxygen atoms in total. The smallest absolute Gasteiger partial charge is 0.202 e. The molecule has 5 heteroatoms. The molecule has 0 aliphatic heterocycles. The van der Waals surface area contributed by atoms with Crippen molar-refractivity contribution < 1.29 is 13.2 Å². The molecule has 0 atom stereocenters. The molecule has 1 aromatic carbocycles. The van der Waals surface area contributed by atoms with Crippen molar-refractivity contribution in [2.75, 3.05) is 12.5 Å². The van der Waals surface area contributed by atoms with E-state index in [4.69, 9.17) is 4.74 Å². The summed E-state index contributed by atoms with van der Waals surface area (Å²) in [4.78, 5) is 4.86. The van der Waals surface area contributed by atoms with Crippen LogP contribution in [0.25, 0.3) is 11.1 Å². The van der Waals surface area contributed by atoms with Crippen molar-refractivity contribution in [2.24, 2.45) is 11.8 Å². The third kappa shape index (κ3) is 4.15. The number of ether oxygens (including phenoxy) is 1. The molecule has 26 heavy (non-hydrogen) atoms. The van der Waals surface area contributed by atoms with E-state index in [-0.39, 0.29) is 5.94 Å². The van der Waals surface area contributed by atoms with Gasteiger partial charge in [0.25, 0.3) is 0 Å². The Hall–Kier alpha value is -1.72. The van der Waals surface area contributed by atoms with Gasteiger partial charge >= 0.3 is 0 Å². The number of nitrogens with zero attached hydrogens (tertiary/aromatic N) is 1. The molecule has 0 spiro atoms. The highest BCUT2D eigenvalue weighted by atomic mass is 32.2. The standard InChI is InChI=1S/C21H25NO3S/c1-15-18(10-16-6-7-16)11-19(12-22-15)20-4-2-3-5-21(20)26(23,24)14-25-13-17-8-9-17/h2-5,11-12,16-17H,6-10,13-14H2,1H3. The molecule has 2 aliphatic rings. The second-order valence-electron chi connectivity index (χ2n) is 7.66. The third-order valence-electron chi connectivity index (χ3n) is 5.22. The Bertz CT molecular complexity index is 899. The lowest BCUT2D eigenvalue weighted by Crippen LogP contribution is -2.12. The van der Waals surface area contributed by atoms with Crippen LogP contribution in [-0.2, 0) is 21.0 Å². The summed E-state index contributed by atoms with van der Waals surface area (Å²) in [5.74, 6) is 1.06. The predicted molar refractivity (Wildman–Crippen MR) is 102 cm³/mol. The lowest BCUT2D eigenvalue weighted by Gasteiger charge is -2.13. The van der Waals surface area contributed by atoms with Crippen molar-refractivity contribution in [2.45, 2.75) is 43.9 Å². The van der Waals surface area contributed by atoms with E-state index in [9.17, 15) is 8.42 Å². The average molecular weight is 372 g/mol. The molecule has 0 unspecified atom stereocenters. The van der Waals surface area contributed by atoms with E-state index in [2.05, 4.69) is 11.1 Å². The normalized spacial score (nSPS) is 17.4. The summed E-state index contributed by atoms with van der Waals surface area (Å²) in [5.41, 5.74) is 3.84. The van der Waals surface area contributed by atoms with Crippen molar-refractivity contribution in [3.8, 4) is 11.1 Å². The van der Waals surface area contributed by atoms with Gasteiger partial charge in [0.05, 0.1) is 11.5 Å². The maximum Gasteiger partial charge on any atom is 0.202 e. The minimum Gasteiger partial charge on any atom is -0.365 e. The second-order valence-corrected chi connectivity index (χ2v) is 9.56. The Kier molecular flexibility index (Phi) is 4.84. The quantitative estimate of drug-likeness (QED) is 0.699. The highest BCUT2D eigenvalue weighted by molar-refractivity contribution is 7.91. The van der Waals surface area contributed by atoms with E-state index in [1.165, 1.54) is 18.4 Å². The minimum absolute atomic E-state index is 0.255. The molecule has 2 saturated carbocycles. The number of sulfone groups is 1. The van der Waals surface area contributed by atoms with E-state index in [1.807, 2.05) is 19.1 Å². The van der Waals surface area contributed by atoms with Gasteiger partial charge in [0.1, 0.15) is 0 Å². The van der Waals surface area contributed by atoms with Gasteiger partial charge in [-0.1, -0.05) is 18.2 Å². The van der Waals surface area contributed by atoms with Crippen LogP contribution in [-0.4, -0.2) is 25.9 Å². The van der Waals surface area contributed by atoms with Crippen LogP contribution < -0.4 is 0 Å². The topological polar surface area (TPSA) is 56.3 Å². The molecule has 0 bridgehead atoms. The summed E-state index contributed by atoms with van der Waals surface area (Å²) >= 11 is 0. The van der Waals surface area contributed by atoms with Crippen LogP contribution in [0.2, 0.25) is 0 Å². The van der Waals surface area contributed by atoms with Crippen molar-refractivity contribution in [3.05, 3.63) is 47.8 Å². The molecule has 1 aromatic heterocycles. The van der Waals surface area contributed by atoms with Crippen molar-refractivity contribution in [1.29, 1.82) is 0 Å². The predicted octanol–water partition coefficient (Wildman–Crippen LogP) is 4.17. The SMILES string of the molecule is Cc1ncc(-c2ccccc2S(=O)(=O)COCC2CC2)cc1CC1CC1. The minimum atomic E-state index is -3.49. The van der Waals surface area contributed by atoms with Crippen LogP contribution in [0.15, 0.2) is 41.4 Å². The summed E-state index contributed by atoms with van der Waals surface area (Å²) in [5, 5.41) is 0. The molecule has 2 aromatic rings. The zero-order valence-electron chi connectivity index (χ0n) is 15.1. The van der Waals surface area contributed by atoms with Gasteiger partial charge < -0.3 is 4.74 Å². The molecule has 0 radical (unpaired) electrons. The summed E-state index contributed by atoms with van der Waals surface area (Å²) in [6.07, 6.45) is 7.68. The molecule has 2 aliphatic carbocycles. The molecule has 138 valence electrons. The zero-order chi connectivity index (χ0) is 18.1. The number of pyridine rings is 1. The highest BCUT2D eigenvalue weighted by Gasteiger charge is 2.25. The number of hydrogen-bond donors (Lipinski definition) is 0. The first-order valence-electron chi connectivity index (χ1n) is 9.38. The molecule has 0 N–H and O–H groups in total. The van der Waals surface area contributed by atoms with Gasteiger partial charge in [-0.25, -0.2) is 8.42 Å². The summed E-state index contributed by atoms with van der Waals surface area (Å²) in [6.45, 7) is 2.56. The summed E-state index contributed by atoms with van der Waals surface area (Å²) in [6, 6.07) is 9.29. The second kappa shape index (κ2) is 7.12. The van der Waals surface area contributed by atoms with E-state index < -0.39 is 9.84 Å². The maximum atomic E-state index is 12.8. The van der Waals surface area contributed by atoms with Gasteiger partial charge in [-0.05, 0) is 68.6 Å². The fourth-order valence-electron chi connectivity index (χ4n) is 3.21. The van der Waals surface area contributed by atoms with Crippen LogP contribution in [0.3, 0.4) is 0 Å². The van der Waals surface area contributed by atoms with Gasteiger partial charge in [0.2, 0.25) is 9.84 Å². The highest BCUT2D eigenvalue weighted by Crippen LogP contribution is 2.35. The third-order valence-corrected chi connectivity index (χ3v) is 6.72. The molecule has 0 amide bonds. The Morgan fingerprint density at radius 2 is 1.85 bits per heavy atom. The van der Waals surface area contributed by atoms with Gasteiger partial charge in [-0.15, -0.1) is 0 Å².